The van der Waals surface area contributed by atoms with Crippen molar-refractivity contribution in [2.75, 3.05) is 6.54 Å². The SMILES string of the molecule is C=CCNC=C[N+](=O)[O-]. The van der Waals surface area contributed by atoms with Crippen LogP contribution in [0, 0.1) is 10.1 Å². The highest BCUT2D eigenvalue weighted by Gasteiger charge is 1.79. The Labute approximate surface area is 53.0 Å². The number of nitro groups is 1. The second-order valence-corrected chi connectivity index (χ2v) is 1.30. The lowest BCUT2D eigenvalue weighted by atomic mass is 10.6. The van der Waals surface area contributed by atoms with Crippen molar-refractivity contribution in [2.24, 2.45) is 0 Å². The first-order chi connectivity index (χ1) is 4.27. The molecule has 0 atom stereocenters. The molecule has 0 spiro atoms. The van der Waals surface area contributed by atoms with Crippen molar-refractivity contribution >= 4 is 0 Å². The minimum Gasteiger partial charge on any atom is -0.382 e. The Morgan fingerprint density at radius 1 is 1.78 bits per heavy atom. The Bertz CT molecular complexity index is 131. The van der Waals surface area contributed by atoms with Gasteiger partial charge in [-0.2, -0.15) is 0 Å². The summed E-state index contributed by atoms with van der Waals surface area (Å²) < 4.78 is 0. The van der Waals surface area contributed by atoms with Gasteiger partial charge in [0, 0.05) is 6.54 Å². The number of nitrogens with one attached hydrogen (secondary N) is 1. The van der Waals surface area contributed by atoms with Crippen LogP contribution < -0.4 is 5.32 Å². The van der Waals surface area contributed by atoms with Gasteiger partial charge < -0.3 is 5.32 Å². The summed E-state index contributed by atoms with van der Waals surface area (Å²) in [5.41, 5.74) is 0. The summed E-state index contributed by atoms with van der Waals surface area (Å²) in [5, 5.41) is 12.2. The summed E-state index contributed by atoms with van der Waals surface area (Å²) in [6, 6.07) is 0. The van der Waals surface area contributed by atoms with Crippen molar-refractivity contribution in [3.8, 4) is 0 Å². The maximum atomic E-state index is 9.62. The number of rotatable bonds is 4. The molecule has 0 aromatic heterocycles. The van der Waals surface area contributed by atoms with Crippen molar-refractivity contribution in [2.45, 2.75) is 0 Å². The summed E-state index contributed by atoms with van der Waals surface area (Å²) in [4.78, 5) is 9.08. The summed E-state index contributed by atoms with van der Waals surface area (Å²) in [6.45, 7) is 3.96. The second-order valence-electron chi connectivity index (χ2n) is 1.30. The molecule has 0 unspecified atom stereocenters. The van der Waals surface area contributed by atoms with Gasteiger partial charge in [0.15, 0.2) is 0 Å². The van der Waals surface area contributed by atoms with Crippen LogP contribution in [0.3, 0.4) is 0 Å². The van der Waals surface area contributed by atoms with Gasteiger partial charge in [0.05, 0.1) is 11.1 Å². The molecule has 0 aromatic carbocycles. The Hall–Kier alpha value is -1.32. The first-order valence-electron chi connectivity index (χ1n) is 2.42. The van der Waals surface area contributed by atoms with E-state index in [2.05, 4.69) is 11.9 Å². The average molecular weight is 128 g/mol. The van der Waals surface area contributed by atoms with Crippen molar-refractivity contribution in [1.29, 1.82) is 0 Å². The van der Waals surface area contributed by atoms with Crippen LogP contribution in [0.4, 0.5) is 0 Å². The van der Waals surface area contributed by atoms with Gasteiger partial charge in [0.2, 0.25) is 6.20 Å². The fourth-order valence-corrected chi connectivity index (χ4v) is 0.265. The third-order valence-corrected chi connectivity index (χ3v) is 0.576. The molecule has 0 aromatic rings. The highest BCUT2D eigenvalue weighted by Crippen LogP contribution is 1.68. The normalized spacial score (nSPS) is 9.33. The summed E-state index contributed by atoms with van der Waals surface area (Å²) in [5.74, 6) is 0. The van der Waals surface area contributed by atoms with Crippen LogP contribution in [0.1, 0.15) is 0 Å². The van der Waals surface area contributed by atoms with E-state index in [0.717, 1.165) is 6.20 Å². The topological polar surface area (TPSA) is 55.2 Å². The van der Waals surface area contributed by atoms with E-state index < -0.39 is 4.92 Å². The van der Waals surface area contributed by atoms with Gasteiger partial charge in [-0.25, -0.2) is 0 Å². The van der Waals surface area contributed by atoms with Gasteiger partial charge in [-0.1, -0.05) is 6.08 Å². The highest BCUT2D eigenvalue weighted by atomic mass is 16.6. The maximum absolute atomic E-state index is 9.62. The Morgan fingerprint density at radius 3 is 2.89 bits per heavy atom. The van der Waals surface area contributed by atoms with E-state index in [0.29, 0.717) is 6.54 Å². The molecule has 1 N–H and O–H groups in total. The Balaban J connectivity index is 3.24. The van der Waals surface area contributed by atoms with Crippen LogP contribution in [-0.2, 0) is 0 Å². The Morgan fingerprint density at radius 2 is 2.44 bits per heavy atom. The van der Waals surface area contributed by atoms with E-state index in [-0.39, 0.29) is 0 Å². The minimum atomic E-state index is -0.532. The standard InChI is InChI=1S/C5H8N2O2/c1-2-3-6-4-5-7(8)9/h2,4-6H,1,3H2. The molecule has 0 radical (unpaired) electrons. The van der Waals surface area contributed by atoms with Gasteiger partial charge >= 0.3 is 0 Å². The molecule has 0 fully saturated rings. The molecule has 0 saturated heterocycles. The first kappa shape index (κ1) is 7.68. The zero-order chi connectivity index (χ0) is 7.11. The van der Waals surface area contributed by atoms with E-state index in [9.17, 15) is 10.1 Å². The number of hydrogen-bond donors (Lipinski definition) is 1. The lowest BCUT2D eigenvalue weighted by molar-refractivity contribution is -0.402. The predicted octanol–water partition coefficient (Wildman–Crippen LogP) is 0.510. The molecule has 0 bridgehead atoms. The molecule has 0 aliphatic rings. The van der Waals surface area contributed by atoms with Gasteiger partial charge in [-0.05, 0) is 0 Å². The largest absolute Gasteiger partial charge is 0.382 e. The third kappa shape index (κ3) is 6.68. The van der Waals surface area contributed by atoms with Crippen molar-refractivity contribution in [3.05, 3.63) is 35.2 Å². The molecule has 50 valence electrons. The monoisotopic (exact) mass is 128 g/mol. The molecule has 4 heteroatoms. The van der Waals surface area contributed by atoms with E-state index in [1.807, 2.05) is 0 Å². The van der Waals surface area contributed by atoms with Crippen molar-refractivity contribution in [3.63, 3.8) is 0 Å². The molecular formula is C5H8N2O2. The van der Waals surface area contributed by atoms with Crippen molar-refractivity contribution < 1.29 is 4.92 Å². The van der Waals surface area contributed by atoms with Crippen LogP contribution in [0.2, 0.25) is 0 Å². The summed E-state index contributed by atoms with van der Waals surface area (Å²) >= 11 is 0. The summed E-state index contributed by atoms with van der Waals surface area (Å²) in [6.07, 6.45) is 3.72. The molecule has 0 heterocycles. The highest BCUT2D eigenvalue weighted by molar-refractivity contribution is 4.76. The summed E-state index contributed by atoms with van der Waals surface area (Å²) in [7, 11) is 0. The van der Waals surface area contributed by atoms with Crippen molar-refractivity contribution in [1.82, 2.24) is 5.32 Å². The second kappa shape index (κ2) is 4.83. The minimum absolute atomic E-state index is 0.532. The third-order valence-electron chi connectivity index (χ3n) is 0.576. The zero-order valence-electron chi connectivity index (χ0n) is 4.91. The molecule has 0 amide bonds. The van der Waals surface area contributed by atoms with E-state index in [1.165, 1.54) is 6.20 Å². The van der Waals surface area contributed by atoms with Gasteiger partial charge in [0.1, 0.15) is 0 Å². The van der Waals surface area contributed by atoms with Crippen LogP contribution in [0.15, 0.2) is 25.1 Å². The first-order valence-corrected chi connectivity index (χ1v) is 2.42. The lowest BCUT2D eigenvalue weighted by Crippen LogP contribution is -2.03. The fourth-order valence-electron chi connectivity index (χ4n) is 0.265. The van der Waals surface area contributed by atoms with E-state index in [4.69, 9.17) is 0 Å². The van der Waals surface area contributed by atoms with Crippen LogP contribution in [-0.4, -0.2) is 11.5 Å². The zero-order valence-corrected chi connectivity index (χ0v) is 4.91. The molecule has 0 rings (SSSR count). The smallest absolute Gasteiger partial charge is 0.249 e. The maximum Gasteiger partial charge on any atom is 0.249 e. The van der Waals surface area contributed by atoms with E-state index in [1.54, 1.807) is 6.08 Å². The number of hydrogen-bond acceptors (Lipinski definition) is 3. The van der Waals surface area contributed by atoms with Gasteiger partial charge in [-0.3, -0.25) is 10.1 Å². The number of nitrogens with zero attached hydrogens (tertiary/aromatic N) is 1. The lowest BCUT2D eigenvalue weighted by Gasteiger charge is -1.87. The fraction of sp³-hybridized carbons (Fsp3) is 0.200. The van der Waals surface area contributed by atoms with Crippen LogP contribution >= 0.6 is 0 Å². The predicted molar refractivity (Wildman–Crippen MR) is 34.3 cm³/mol. The molecule has 0 aliphatic heterocycles. The van der Waals surface area contributed by atoms with Gasteiger partial charge in [-0.15, -0.1) is 6.58 Å². The van der Waals surface area contributed by atoms with Crippen LogP contribution in [0.5, 0.6) is 0 Å². The molecule has 9 heavy (non-hydrogen) atoms. The molecular weight excluding hydrogens is 120 g/mol. The molecule has 0 aliphatic carbocycles. The van der Waals surface area contributed by atoms with Crippen LogP contribution in [0.25, 0.3) is 0 Å². The Kier molecular flexibility index (Phi) is 4.12. The van der Waals surface area contributed by atoms with E-state index >= 15 is 0 Å². The molecule has 4 nitrogen and oxygen atoms in total. The average Bonchev–Trinajstić information content (AvgIpc) is 1.80. The van der Waals surface area contributed by atoms with Gasteiger partial charge in [0.25, 0.3) is 0 Å². The molecule has 0 saturated carbocycles. The quantitative estimate of drug-likeness (QED) is 0.260.